The molecule has 0 atom stereocenters. The molecule has 1 aromatic carbocycles. The van der Waals surface area contributed by atoms with Crippen LogP contribution in [-0.4, -0.2) is 22.7 Å². The van der Waals surface area contributed by atoms with Crippen LogP contribution in [0.4, 0.5) is 5.69 Å². The van der Waals surface area contributed by atoms with Crippen LogP contribution in [0.25, 0.3) is 21.7 Å². The molecule has 4 rings (SSSR count). The number of thiophene rings is 1. The number of amides is 1. The van der Waals surface area contributed by atoms with E-state index >= 15 is 0 Å². The maximum Gasteiger partial charge on any atom is 0.259 e. The first-order valence-corrected chi connectivity index (χ1v) is 9.39. The highest BCUT2D eigenvalue weighted by atomic mass is 32.1. The van der Waals surface area contributed by atoms with Gasteiger partial charge in [-0.3, -0.25) is 4.79 Å². The average molecular weight is 379 g/mol. The fourth-order valence-corrected chi connectivity index (χ4v) is 3.51. The molecule has 0 aliphatic heterocycles. The first kappa shape index (κ1) is 17.2. The van der Waals surface area contributed by atoms with Gasteiger partial charge in [0.2, 0.25) is 0 Å². The first-order chi connectivity index (χ1) is 13.2. The summed E-state index contributed by atoms with van der Waals surface area (Å²) in [5, 5.41) is 9.48. The van der Waals surface area contributed by atoms with Crippen molar-refractivity contribution in [2.24, 2.45) is 0 Å². The van der Waals surface area contributed by atoms with Crippen molar-refractivity contribution in [3.05, 3.63) is 59.1 Å². The van der Waals surface area contributed by atoms with Crippen molar-refractivity contribution >= 4 is 34.0 Å². The predicted octanol–water partition coefficient (Wildman–Crippen LogP) is 4.91. The van der Waals surface area contributed by atoms with Crippen LogP contribution in [0.15, 0.2) is 52.4 Å². The molecule has 0 aliphatic carbocycles. The number of nitrogens with zero attached hydrogens (tertiary/aromatic N) is 2. The monoisotopic (exact) mass is 379 g/mol. The fraction of sp³-hybridized carbons (Fsp3) is 0.150. The molecule has 6 nitrogen and oxygen atoms in total. The van der Waals surface area contributed by atoms with Gasteiger partial charge < -0.3 is 14.6 Å². The Morgan fingerprint density at radius 3 is 2.78 bits per heavy atom. The summed E-state index contributed by atoms with van der Waals surface area (Å²) < 4.78 is 10.7. The van der Waals surface area contributed by atoms with Gasteiger partial charge in [0.1, 0.15) is 5.75 Å². The molecule has 0 radical (unpaired) electrons. The standard InChI is InChI=1S/C20H17N3O3S/c1-3-25-14-8-6-13(7-9-14)21-19(24)15-11-16(17-5-4-10-27-17)22-20-18(15)12(2)23-26-20/h4-11H,3H2,1-2H3,(H,21,24). The minimum absolute atomic E-state index is 0.240. The Bertz CT molecular complexity index is 1090. The van der Waals surface area contributed by atoms with Gasteiger partial charge in [-0.25, -0.2) is 4.98 Å². The number of nitrogens with one attached hydrogen (secondary N) is 1. The zero-order chi connectivity index (χ0) is 18.8. The fourth-order valence-electron chi connectivity index (χ4n) is 2.82. The summed E-state index contributed by atoms with van der Waals surface area (Å²) >= 11 is 1.55. The van der Waals surface area contributed by atoms with Crippen LogP contribution in [0.1, 0.15) is 23.0 Å². The Labute approximate surface area is 159 Å². The average Bonchev–Trinajstić information content (AvgIpc) is 3.33. The summed E-state index contributed by atoms with van der Waals surface area (Å²) in [6.07, 6.45) is 0. The zero-order valence-corrected chi connectivity index (χ0v) is 15.7. The van der Waals surface area contributed by atoms with Crippen LogP contribution < -0.4 is 10.1 Å². The van der Waals surface area contributed by atoms with Gasteiger partial charge in [0.15, 0.2) is 0 Å². The number of carbonyl (C=O) groups is 1. The molecule has 0 saturated carbocycles. The summed E-state index contributed by atoms with van der Waals surface area (Å²) in [7, 11) is 0. The molecule has 4 aromatic rings. The Morgan fingerprint density at radius 2 is 2.07 bits per heavy atom. The summed E-state index contributed by atoms with van der Waals surface area (Å²) in [6.45, 7) is 4.32. The van der Waals surface area contributed by atoms with Gasteiger partial charge in [0, 0.05) is 5.69 Å². The third-order valence-corrected chi connectivity index (χ3v) is 4.95. The molecule has 0 spiro atoms. The van der Waals surface area contributed by atoms with E-state index in [0.29, 0.717) is 40.3 Å². The highest BCUT2D eigenvalue weighted by molar-refractivity contribution is 7.13. The van der Waals surface area contributed by atoms with Crippen LogP contribution in [0.3, 0.4) is 0 Å². The highest BCUT2D eigenvalue weighted by Crippen LogP contribution is 2.30. The Kier molecular flexibility index (Phi) is 4.60. The molecule has 0 aliphatic rings. The van der Waals surface area contributed by atoms with Crippen molar-refractivity contribution in [1.82, 2.24) is 10.1 Å². The number of hydrogen-bond acceptors (Lipinski definition) is 6. The van der Waals surface area contributed by atoms with Gasteiger partial charge in [-0.05, 0) is 55.6 Å². The number of hydrogen-bond donors (Lipinski definition) is 1. The largest absolute Gasteiger partial charge is 0.494 e. The third kappa shape index (κ3) is 3.41. The van der Waals surface area contributed by atoms with Crippen molar-refractivity contribution in [3.8, 4) is 16.3 Å². The molecule has 136 valence electrons. The lowest BCUT2D eigenvalue weighted by molar-refractivity contribution is 0.102. The minimum atomic E-state index is -0.240. The van der Waals surface area contributed by atoms with Crippen LogP contribution >= 0.6 is 11.3 Å². The van der Waals surface area contributed by atoms with Crippen molar-refractivity contribution in [2.45, 2.75) is 13.8 Å². The normalized spacial score (nSPS) is 10.9. The van der Waals surface area contributed by atoms with E-state index in [-0.39, 0.29) is 5.91 Å². The molecule has 27 heavy (non-hydrogen) atoms. The van der Waals surface area contributed by atoms with E-state index in [9.17, 15) is 4.79 Å². The lowest BCUT2D eigenvalue weighted by Gasteiger charge is -2.09. The second-order valence-electron chi connectivity index (χ2n) is 5.89. The van der Waals surface area contributed by atoms with Crippen LogP contribution in [0.5, 0.6) is 5.75 Å². The number of benzene rings is 1. The van der Waals surface area contributed by atoms with E-state index in [1.165, 1.54) is 0 Å². The number of aromatic nitrogens is 2. The second-order valence-corrected chi connectivity index (χ2v) is 6.84. The molecular weight excluding hydrogens is 362 g/mol. The van der Waals surface area contributed by atoms with E-state index in [0.717, 1.165) is 10.6 Å². The number of carbonyl (C=O) groups excluding carboxylic acids is 1. The molecule has 0 bridgehead atoms. The van der Waals surface area contributed by atoms with E-state index in [2.05, 4.69) is 15.5 Å². The molecular formula is C20H17N3O3S. The van der Waals surface area contributed by atoms with Crippen molar-refractivity contribution < 1.29 is 14.1 Å². The second kappa shape index (κ2) is 7.20. The maximum atomic E-state index is 13.0. The van der Waals surface area contributed by atoms with Crippen LogP contribution in [-0.2, 0) is 0 Å². The molecule has 1 N–H and O–H groups in total. The number of fused-ring (bicyclic) bond motifs is 1. The topological polar surface area (TPSA) is 77.2 Å². The van der Waals surface area contributed by atoms with Crippen molar-refractivity contribution in [1.29, 1.82) is 0 Å². The van der Waals surface area contributed by atoms with Crippen LogP contribution in [0.2, 0.25) is 0 Å². The van der Waals surface area contributed by atoms with E-state index in [1.807, 2.05) is 48.7 Å². The van der Waals surface area contributed by atoms with Crippen LogP contribution in [0, 0.1) is 6.92 Å². The number of ether oxygens (including phenoxy) is 1. The quantitative estimate of drug-likeness (QED) is 0.533. The Morgan fingerprint density at radius 1 is 1.26 bits per heavy atom. The first-order valence-electron chi connectivity index (χ1n) is 8.51. The maximum absolute atomic E-state index is 13.0. The highest BCUT2D eigenvalue weighted by Gasteiger charge is 2.19. The Hall–Kier alpha value is -3.19. The van der Waals surface area contributed by atoms with Gasteiger partial charge in [-0.1, -0.05) is 11.2 Å². The molecule has 0 fully saturated rings. The van der Waals surface area contributed by atoms with E-state index in [4.69, 9.17) is 9.26 Å². The lowest BCUT2D eigenvalue weighted by Crippen LogP contribution is -2.13. The van der Waals surface area contributed by atoms with Gasteiger partial charge in [0.05, 0.1) is 33.8 Å². The number of aryl methyl sites for hydroxylation is 1. The SMILES string of the molecule is CCOc1ccc(NC(=O)c2cc(-c3cccs3)nc3onc(C)c23)cc1. The zero-order valence-electron chi connectivity index (χ0n) is 14.9. The molecule has 1 amide bonds. The molecule has 0 saturated heterocycles. The summed E-state index contributed by atoms with van der Waals surface area (Å²) in [5.41, 5.74) is 2.84. The van der Waals surface area contributed by atoms with Gasteiger partial charge >= 0.3 is 0 Å². The number of rotatable bonds is 5. The predicted molar refractivity (Wildman–Crippen MR) is 105 cm³/mol. The number of pyridine rings is 1. The van der Waals surface area contributed by atoms with Crippen molar-refractivity contribution in [3.63, 3.8) is 0 Å². The Balaban J connectivity index is 1.71. The molecule has 7 heteroatoms. The van der Waals surface area contributed by atoms with Gasteiger partial charge in [-0.2, -0.15) is 0 Å². The summed E-state index contributed by atoms with van der Waals surface area (Å²) in [6, 6.07) is 12.9. The van der Waals surface area contributed by atoms with E-state index < -0.39 is 0 Å². The molecule has 0 unspecified atom stereocenters. The summed E-state index contributed by atoms with van der Waals surface area (Å²) in [5.74, 6) is 0.521. The lowest BCUT2D eigenvalue weighted by atomic mass is 10.1. The van der Waals surface area contributed by atoms with E-state index in [1.54, 1.807) is 24.3 Å². The van der Waals surface area contributed by atoms with Crippen molar-refractivity contribution in [2.75, 3.05) is 11.9 Å². The number of anilines is 1. The van der Waals surface area contributed by atoms with Gasteiger partial charge in [-0.15, -0.1) is 11.3 Å². The summed E-state index contributed by atoms with van der Waals surface area (Å²) in [4.78, 5) is 18.4. The minimum Gasteiger partial charge on any atom is -0.494 e. The third-order valence-electron chi connectivity index (χ3n) is 4.06. The smallest absolute Gasteiger partial charge is 0.259 e. The molecule has 3 heterocycles. The molecule has 3 aromatic heterocycles. The van der Waals surface area contributed by atoms with Gasteiger partial charge in [0.25, 0.3) is 11.6 Å².